The van der Waals surface area contributed by atoms with Crippen molar-refractivity contribution in [1.29, 1.82) is 0 Å². The first-order valence-electron chi connectivity index (χ1n) is 6.85. The Hall–Kier alpha value is -0.610. The normalized spacial score (nSPS) is 30.9. The van der Waals surface area contributed by atoms with Gasteiger partial charge < -0.3 is 15.7 Å². The summed E-state index contributed by atoms with van der Waals surface area (Å²) in [6, 6.07) is 0. The van der Waals surface area contributed by atoms with E-state index < -0.39 is 0 Å². The van der Waals surface area contributed by atoms with Crippen LogP contribution in [-0.2, 0) is 4.79 Å². The van der Waals surface area contributed by atoms with Crippen molar-refractivity contribution in [3.63, 3.8) is 0 Å². The molecule has 17 heavy (non-hydrogen) atoms. The van der Waals surface area contributed by atoms with Gasteiger partial charge in [-0.05, 0) is 19.3 Å². The van der Waals surface area contributed by atoms with Gasteiger partial charge in [0.2, 0.25) is 5.91 Å². The van der Waals surface area contributed by atoms with Crippen molar-refractivity contribution >= 4 is 5.91 Å². The summed E-state index contributed by atoms with van der Waals surface area (Å²) in [4.78, 5) is 12.2. The molecule has 0 spiro atoms. The molecule has 1 saturated carbocycles. The predicted octanol–water partition coefficient (Wildman–Crippen LogP) is 0.653. The van der Waals surface area contributed by atoms with E-state index in [1.807, 2.05) is 0 Å². The van der Waals surface area contributed by atoms with E-state index in [2.05, 4.69) is 17.6 Å². The molecule has 2 atom stereocenters. The third kappa shape index (κ3) is 2.63. The molecular weight excluding hydrogens is 216 g/mol. The summed E-state index contributed by atoms with van der Waals surface area (Å²) >= 11 is 0. The van der Waals surface area contributed by atoms with E-state index in [0.29, 0.717) is 13.1 Å². The summed E-state index contributed by atoms with van der Waals surface area (Å²) in [5, 5.41) is 15.8. The Morgan fingerprint density at radius 2 is 2.24 bits per heavy atom. The van der Waals surface area contributed by atoms with Gasteiger partial charge in [-0.3, -0.25) is 4.79 Å². The second-order valence-corrected chi connectivity index (χ2v) is 5.58. The average molecular weight is 240 g/mol. The highest BCUT2D eigenvalue weighted by atomic mass is 16.3. The lowest BCUT2D eigenvalue weighted by Crippen LogP contribution is -2.47. The van der Waals surface area contributed by atoms with Gasteiger partial charge in [0.1, 0.15) is 0 Å². The number of carbonyl (C=O) groups excluding carboxylic acids is 1. The average Bonchev–Trinajstić information content (AvgIpc) is 2.66. The smallest absolute Gasteiger partial charge is 0.226 e. The molecular formula is C13H24N2O2. The standard InChI is InChI=1S/C13H24N2O2/c1-2-4-13(5-3-6-13)12(17)15-8-10-7-14-9-11(10)16/h10-11,14,16H,2-9H2,1H3,(H,15,17). The fourth-order valence-electron chi connectivity index (χ4n) is 3.01. The monoisotopic (exact) mass is 240 g/mol. The number of rotatable bonds is 5. The molecule has 2 rings (SSSR count). The van der Waals surface area contributed by atoms with Crippen LogP contribution >= 0.6 is 0 Å². The largest absolute Gasteiger partial charge is 0.391 e. The molecule has 0 aromatic carbocycles. The van der Waals surface area contributed by atoms with Gasteiger partial charge in [0.15, 0.2) is 0 Å². The number of carbonyl (C=O) groups is 1. The summed E-state index contributed by atoms with van der Waals surface area (Å²) < 4.78 is 0. The predicted molar refractivity (Wildman–Crippen MR) is 66.6 cm³/mol. The molecule has 1 aliphatic heterocycles. The molecule has 3 N–H and O–H groups in total. The molecule has 4 nitrogen and oxygen atoms in total. The maximum atomic E-state index is 12.2. The van der Waals surface area contributed by atoms with Crippen LogP contribution in [0, 0.1) is 11.3 Å². The zero-order chi connectivity index (χ0) is 12.3. The number of nitrogens with one attached hydrogen (secondary N) is 2. The maximum Gasteiger partial charge on any atom is 0.226 e. The zero-order valence-corrected chi connectivity index (χ0v) is 10.7. The van der Waals surface area contributed by atoms with Crippen molar-refractivity contribution in [2.75, 3.05) is 19.6 Å². The highest BCUT2D eigenvalue weighted by Crippen LogP contribution is 2.44. The van der Waals surface area contributed by atoms with Gasteiger partial charge in [-0.15, -0.1) is 0 Å². The molecule has 0 aromatic rings. The Kier molecular flexibility index (Phi) is 4.05. The lowest BCUT2D eigenvalue weighted by molar-refractivity contribution is -0.136. The van der Waals surface area contributed by atoms with Crippen LogP contribution in [-0.4, -0.2) is 36.8 Å². The molecule has 1 amide bonds. The molecule has 0 aromatic heterocycles. The van der Waals surface area contributed by atoms with Gasteiger partial charge in [0, 0.05) is 31.0 Å². The van der Waals surface area contributed by atoms with Crippen LogP contribution in [0.4, 0.5) is 0 Å². The summed E-state index contributed by atoms with van der Waals surface area (Å²) in [7, 11) is 0. The van der Waals surface area contributed by atoms with Gasteiger partial charge in [0.05, 0.1) is 6.10 Å². The molecule has 1 saturated heterocycles. The van der Waals surface area contributed by atoms with E-state index in [1.165, 1.54) is 6.42 Å². The third-order valence-electron chi connectivity index (χ3n) is 4.35. The summed E-state index contributed by atoms with van der Waals surface area (Å²) in [5.41, 5.74) is -0.0776. The van der Waals surface area contributed by atoms with Gasteiger partial charge in [-0.1, -0.05) is 19.8 Å². The number of β-amino-alcohol motifs (C(OH)–C–C–N with tert-alkyl or cyclic N) is 1. The van der Waals surface area contributed by atoms with E-state index >= 15 is 0 Å². The van der Waals surface area contributed by atoms with E-state index in [9.17, 15) is 9.90 Å². The Balaban J connectivity index is 1.80. The van der Waals surface area contributed by atoms with Crippen molar-refractivity contribution in [3.05, 3.63) is 0 Å². The number of aliphatic hydroxyl groups is 1. The van der Waals surface area contributed by atoms with Crippen molar-refractivity contribution in [2.45, 2.75) is 45.1 Å². The lowest BCUT2D eigenvalue weighted by Gasteiger charge is -2.40. The van der Waals surface area contributed by atoms with Gasteiger partial charge in [-0.2, -0.15) is 0 Å². The number of hydrogen-bond donors (Lipinski definition) is 3. The summed E-state index contributed by atoms with van der Waals surface area (Å²) in [6.45, 7) is 4.21. The fourth-order valence-corrected chi connectivity index (χ4v) is 3.01. The number of amides is 1. The van der Waals surface area contributed by atoms with Crippen LogP contribution in [0.1, 0.15) is 39.0 Å². The molecule has 1 heterocycles. The van der Waals surface area contributed by atoms with Crippen LogP contribution < -0.4 is 10.6 Å². The van der Waals surface area contributed by atoms with Crippen molar-refractivity contribution in [2.24, 2.45) is 11.3 Å². The Bertz CT molecular complexity index is 277. The van der Waals surface area contributed by atoms with Gasteiger partial charge >= 0.3 is 0 Å². The van der Waals surface area contributed by atoms with Crippen molar-refractivity contribution in [1.82, 2.24) is 10.6 Å². The number of hydrogen-bond acceptors (Lipinski definition) is 3. The maximum absolute atomic E-state index is 12.2. The first-order valence-corrected chi connectivity index (χ1v) is 6.85. The fraction of sp³-hybridized carbons (Fsp3) is 0.923. The van der Waals surface area contributed by atoms with E-state index in [1.54, 1.807) is 0 Å². The van der Waals surface area contributed by atoms with Crippen molar-refractivity contribution < 1.29 is 9.90 Å². The van der Waals surface area contributed by atoms with Crippen LogP contribution in [0.15, 0.2) is 0 Å². The molecule has 0 bridgehead atoms. The van der Waals surface area contributed by atoms with Crippen LogP contribution in [0.25, 0.3) is 0 Å². The van der Waals surface area contributed by atoms with Crippen LogP contribution in [0.5, 0.6) is 0 Å². The Morgan fingerprint density at radius 1 is 1.47 bits per heavy atom. The topological polar surface area (TPSA) is 61.4 Å². The highest BCUT2D eigenvalue weighted by Gasteiger charge is 2.43. The van der Waals surface area contributed by atoms with Gasteiger partial charge in [0.25, 0.3) is 0 Å². The van der Waals surface area contributed by atoms with E-state index in [-0.39, 0.29) is 23.3 Å². The minimum atomic E-state index is -0.307. The van der Waals surface area contributed by atoms with Crippen LogP contribution in [0.2, 0.25) is 0 Å². The van der Waals surface area contributed by atoms with Crippen LogP contribution in [0.3, 0.4) is 0 Å². The molecule has 4 heteroatoms. The first kappa shape index (κ1) is 12.8. The van der Waals surface area contributed by atoms with E-state index in [0.717, 1.165) is 32.2 Å². The molecule has 0 radical (unpaired) electrons. The third-order valence-corrected chi connectivity index (χ3v) is 4.35. The molecule has 1 aliphatic carbocycles. The quantitative estimate of drug-likeness (QED) is 0.661. The zero-order valence-electron chi connectivity index (χ0n) is 10.7. The molecule has 98 valence electrons. The van der Waals surface area contributed by atoms with E-state index in [4.69, 9.17) is 0 Å². The second-order valence-electron chi connectivity index (χ2n) is 5.58. The lowest BCUT2D eigenvalue weighted by atomic mass is 9.65. The molecule has 2 aliphatic rings. The Morgan fingerprint density at radius 3 is 2.71 bits per heavy atom. The van der Waals surface area contributed by atoms with Gasteiger partial charge in [-0.25, -0.2) is 0 Å². The summed E-state index contributed by atoms with van der Waals surface area (Å²) in [6.07, 6.45) is 5.03. The first-order chi connectivity index (χ1) is 8.18. The minimum Gasteiger partial charge on any atom is -0.391 e. The molecule has 2 unspecified atom stereocenters. The Labute approximate surface area is 103 Å². The number of aliphatic hydroxyl groups excluding tert-OH is 1. The molecule has 2 fully saturated rings. The minimum absolute atomic E-state index is 0.0776. The highest BCUT2D eigenvalue weighted by molar-refractivity contribution is 5.83. The second kappa shape index (κ2) is 5.36. The summed E-state index contributed by atoms with van der Waals surface area (Å²) in [5.74, 6) is 0.391. The van der Waals surface area contributed by atoms with Crippen molar-refractivity contribution in [3.8, 4) is 0 Å². The SMILES string of the molecule is CCCC1(C(=O)NCC2CNCC2O)CCC1.